The number of nitrogens with zero attached hydrogens (tertiary/aromatic N) is 3. The Bertz CT molecular complexity index is 1280. The van der Waals surface area contributed by atoms with Gasteiger partial charge in [0.1, 0.15) is 5.57 Å². The van der Waals surface area contributed by atoms with Crippen molar-refractivity contribution in [1.29, 1.82) is 0 Å². The first kappa shape index (κ1) is 20.5. The topological polar surface area (TPSA) is 97.5 Å². The summed E-state index contributed by atoms with van der Waals surface area (Å²) in [7, 11) is 0. The summed E-state index contributed by atoms with van der Waals surface area (Å²) in [5, 5.41) is 13.8. The van der Waals surface area contributed by atoms with Crippen LogP contribution in [0.3, 0.4) is 0 Å². The lowest BCUT2D eigenvalue weighted by Gasteiger charge is -2.29. The van der Waals surface area contributed by atoms with Crippen molar-refractivity contribution in [3.05, 3.63) is 93.3 Å². The van der Waals surface area contributed by atoms with E-state index in [4.69, 9.17) is 23.8 Å². The smallest absolute Gasteiger partial charge is 0.271 e. The van der Waals surface area contributed by atoms with E-state index in [-0.39, 0.29) is 16.4 Å². The minimum atomic E-state index is -0.648. The molecule has 1 saturated heterocycles. The number of hydrogen-bond donors (Lipinski definition) is 1. The number of aromatic nitrogens is 1. The number of nitro benzene ring substituents is 1. The molecule has 154 valence electrons. The molecule has 1 fully saturated rings. The number of carbonyl (C=O) groups excluding carboxylic acids is 2. The van der Waals surface area contributed by atoms with Gasteiger partial charge in [0, 0.05) is 24.0 Å². The van der Waals surface area contributed by atoms with Crippen molar-refractivity contribution in [1.82, 2.24) is 9.88 Å². The first-order valence-electron chi connectivity index (χ1n) is 8.95. The van der Waals surface area contributed by atoms with Crippen molar-refractivity contribution >= 4 is 58.2 Å². The van der Waals surface area contributed by atoms with Crippen molar-refractivity contribution in [3.63, 3.8) is 0 Å². The summed E-state index contributed by atoms with van der Waals surface area (Å²) in [6.07, 6.45) is 3.08. The molecule has 8 nitrogen and oxygen atoms in total. The Morgan fingerprint density at radius 2 is 1.84 bits per heavy atom. The van der Waals surface area contributed by atoms with Gasteiger partial charge in [-0.3, -0.25) is 29.9 Å². The standard InChI is InChI=1S/C21H13ClN4O4S/c22-17-8-1-2-9-18(17)25-20(28)16(19(27)23-21(25)31)12-14-7-4-10-24(14)13-5-3-6-15(11-13)26(29)30/h1-12H,(H,23,27,31)/b16-12+. The van der Waals surface area contributed by atoms with Gasteiger partial charge >= 0.3 is 0 Å². The highest BCUT2D eigenvalue weighted by atomic mass is 35.5. The predicted octanol–water partition coefficient (Wildman–Crippen LogP) is 3.87. The third-order valence-corrected chi connectivity index (χ3v) is 5.19. The summed E-state index contributed by atoms with van der Waals surface area (Å²) >= 11 is 11.4. The van der Waals surface area contributed by atoms with Crippen LogP contribution in [0.2, 0.25) is 5.02 Å². The molecule has 0 saturated carbocycles. The highest BCUT2D eigenvalue weighted by molar-refractivity contribution is 7.80. The minimum absolute atomic E-state index is 0.0747. The number of amides is 2. The van der Waals surface area contributed by atoms with Crippen LogP contribution in [-0.2, 0) is 9.59 Å². The van der Waals surface area contributed by atoms with Crippen LogP contribution in [0, 0.1) is 10.1 Å². The Labute approximate surface area is 186 Å². The van der Waals surface area contributed by atoms with Gasteiger partial charge in [-0.1, -0.05) is 29.8 Å². The number of carbonyl (C=O) groups is 2. The molecular formula is C21H13ClN4O4S. The summed E-state index contributed by atoms with van der Waals surface area (Å²) in [5.74, 6) is -1.28. The van der Waals surface area contributed by atoms with E-state index in [1.807, 2.05) is 0 Å². The van der Waals surface area contributed by atoms with E-state index in [1.165, 1.54) is 18.2 Å². The number of halogens is 1. The van der Waals surface area contributed by atoms with Gasteiger partial charge in [-0.25, -0.2) is 0 Å². The van der Waals surface area contributed by atoms with Crippen molar-refractivity contribution in [2.45, 2.75) is 0 Å². The summed E-state index contributed by atoms with van der Waals surface area (Å²) in [6.45, 7) is 0. The molecule has 1 aromatic heterocycles. The van der Waals surface area contributed by atoms with Gasteiger partial charge in [0.25, 0.3) is 17.5 Å². The zero-order chi connectivity index (χ0) is 22.1. The number of anilines is 1. The van der Waals surface area contributed by atoms with Crippen LogP contribution < -0.4 is 10.2 Å². The zero-order valence-corrected chi connectivity index (χ0v) is 17.3. The molecule has 1 N–H and O–H groups in total. The SMILES string of the molecule is O=C1NC(=S)N(c2ccccc2Cl)C(=O)/C1=C/c1cccn1-c1cccc([N+](=O)[O-])c1. The third-order valence-electron chi connectivity index (χ3n) is 4.59. The summed E-state index contributed by atoms with van der Waals surface area (Å²) in [5.41, 5.74) is 1.10. The fourth-order valence-corrected chi connectivity index (χ4v) is 3.65. The Morgan fingerprint density at radius 3 is 2.58 bits per heavy atom. The average molecular weight is 453 g/mol. The average Bonchev–Trinajstić information content (AvgIpc) is 3.21. The van der Waals surface area contributed by atoms with E-state index >= 15 is 0 Å². The maximum atomic E-state index is 13.2. The van der Waals surface area contributed by atoms with Gasteiger partial charge in [0.2, 0.25) is 0 Å². The lowest BCUT2D eigenvalue weighted by molar-refractivity contribution is -0.384. The van der Waals surface area contributed by atoms with Crippen LogP contribution in [0.15, 0.2) is 72.4 Å². The van der Waals surface area contributed by atoms with Gasteiger partial charge in [0.05, 0.1) is 21.3 Å². The number of nitro groups is 1. The molecule has 4 rings (SSSR count). The van der Waals surface area contributed by atoms with E-state index in [2.05, 4.69) is 5.32 Å². The molecule has 1 aliphatic rings. The molecule has 10 heteroatoms. The number of rotatable bonds is 4. The highest BCUT2D eigenvalue weighted by Gasteiger charge is 2.35. The lowest BCUT2D eigenvalue weighted by Crippen LogP contribution is -2.54. The third kappa shape index (κ3) is 3.83. The summed E-state index contributed by atoms with van der Waals surface area (Å²) in [6, 6.07) is 16.0. The Kier molecular flexibility index (Phi) is 5.37. The maximum absolute atomic E-state index is 13.2. The number of benzene rings is 2. The van der Waals surface area contributed by atoms with Gasteiger partial charge in [-0.15, -0.1) is 0 Å². The van der Waals surface area contributed by atoms with E-state index < -0.39 is 16.7 Å². The van der Waals surface area contributed by atoms with Gasteiger partial charge in [-0.05, 0) is 48.6 Å². The molecule has 1 aliphatic heterocycles. The van der Waals surface area contributed by atoms with Gasteiger partial charge in [0.15, 0.2) is 5.11 Å². The number of hydrogen-bond acceptors (Lipinski definition) is 5. The largest absolute Gasteiger partial charge is 0.317 e. The summed E-state index contributed by atoms with van der Waals surface area (Å²) < 4.78 is 1.63. The molecule has 0 aliphatic carbocycles. The molecule has 0 unspecified atom stereocenters. The number of nitrogens with one attached hydrogen (secondary N) is 1. The second-order valence-corrected chi connectivity index (χ2v) is 7.28. The molecule has 3 aromatic rings. The minimum Gasteiger partial charge on any atom is -0.317 e. The second kappa shape index (κ2) is 8.13. The fourth-order valence-electron chi connectivity index (χ4n) is 3.16. The van der Waals surface area contributed by atoms with Crippen molar-refractivity contribution in [2.24, 2.45) is 0 Å². The van der Waals surface area contributed by atoms with Crippen LogP contribution in [0.4, 0.5) is 11.4 Å². The van der Waals surface area contributed by atoms with E-state index in [0.29, 0.717) is 22.1 Å². The molecule has 2 heterocycles. The van der Waals surface area contributed by atoms with E-state index in [0.717, 1.165) is 4.90 Å². The lowest BCUT2D eigenvalue weighted by atomic mass is 10.1. The maximum Gasteiger partial charge on any atom is 0.271 e. The number of para-hydroxylation sites is 1. The van der Waals surface area contributed by atoms with Crippen LogP contribution in [0.1, 0.15) is 5.69 Å². The molecule has 0 radical (unpaired) electrons. The quantitative estimate of drug-likeness (QED) is 0.213. The molecule has 0 spiro atoms. The van der Waals surface area contributed by atoms with Crippen LogP contribution >= 0.6 is 23.8 Å². The summed E-state index contributed by atoms with van der Waals surface area (Å²) in [4.78, 5) is 37.5. The van der Waals surface area contributed by atoms with Crippen molar-refractivity contribution in [3.8, 4) is 5.69 Å². The second-order valence-electron chi connectivity index (χ2n) is 6.49. The van der Waals surface area contributed by atoms with Crippen molar-refractivity contribution in [2.75, 3.05) is 4.90 Å². The molecule has 31 heavy (non-hydrogen) atoms. The Morgan fingerprint density at radius 1 is 1.06 bits per heavy atom. The van der Waals surface area contributed by atoms with Gasteiger partial charge < -0.3 is 4.57 Å². The molecule has 0 bridgehead atoms. The van der Waals surface area contributed by atoms with Crippen molar-refractivity contribution < 1.29 is 14.5 Å². The molecule has 2 amide bonds. The normalized spacial score (nSPS) is 15.3. The van der Waals surface area contributed by atoms with Crippen LogP contribution in [-0.4, -0.2) is 26.4 Å². The first-order valence-corrected chi connectivity index (χ1v) is 9.73. The Balaban J connectivity index is 1.77. The highest BCUT2D eigenvalue weighted by Crippen LogP contribution is 2.29. The monoisotopic (exact) mass is 452 g/mol. The predicted molar refractivity (Wildman–Crippen MR) is 120 cm³/mol. The number of thiocarbonyl (C=S) groups is 1. The molecule has 0 atom stereocenters. The molecule has 2 aromatic carbocycles. The Hall–Kier alpha value is -3.82. The molecular weight excluding hydrogens is 440 g/mol. The van der Waals surface area contributed by atoms with Gasteiger partial charge in [-0.2, -0.15) is 0 Å². The zero-order valence-electron chi connectivity index (χ0n) is 15.7. The van der Waals surface area contributed by atoms with E-state index in [9.17, 15) is 19.7 Å². The first-order chi connectivity index (χ1) is 14.9. The fraction of sp³-hybridized carbons (Fsp3) is 0. The number of non-ortho nitro benzene ring substituents is 1. The van der Waals surface area contributed by atoms with Crippen LogP contribution in [0.5, 0.6) is 0 Å². The van der Waals surface area contributed by atoms with Crippen LogP contribution in [0.25, 0.3) is 11.8 Å². The van der Waals surface area contributed by atoms with E-state index in [1.54, 1.807) is 59.3 Å².